The summed E-state index contributed by atoms with van der Waals surface area (Å²) >= 11 is 0. The lowest BCUT2D eigenvalue weighted by Crippen LogP contribution is -2.13. The molecule has 1 N–H and O–H groups in total. The van der Waals surface area contributed by atoms with Gasteiger partial charge in [0.15, 0.2) is 0 Å². The number of anilines is 1. The third-order valence-corrected chi connectivity index (χ3v) is 4.95. The van der Waals surface area contributed by atoms with Gasteiger partial charge in [-0.2, -0.15) is 5.10 Å². The van der Waals surface area contributed by atoms with Crippen LogP contribution in [0, 0.1) is 0 Å². The Morgan fingerprint density at radius 1 is 1.08 bits per heavy atom. The first-order valence-electron chi connectivity index (χ1n) is 7.89. The lowest BCUT2D eigenvalue weighted by atomic mass is 10.2. The van der Waals surface area contributed by atoms with Crippen molar-refractivity contribution < 1.29 is 13.2 Å². The minimum absolute atomic E-state index is 0.191. The van der Waals surface area contributed by atoms with Crippen LogP contribution in [0.3, 0.4) is 0 Å². The standard InChI is InChI=1S/C18H19N3O3S/c1-2-24-17-8-10-18(11-9-17)25(22,23)20-16-6-4-15(5-7-16)14-21-13-3-12-19-21/h3-13,20H,2,14H2,1H3. The molecule has 0 spiro atoms. The fourth-order valence-electron chi connectivity index (χ4n) is 2.35. The molecule has 0 amide bonds. The summed E-state index contributed by atoms with van der Waals surface area (Å²) < 4.78 is 34.6. The number of rotatable bonds is 7. The zero-order valence-corrected chi connectivity index (χ0v) is 14.6. The maximum Gasteiger partial charge on any atom is 0.261 e. The average Bonchev–Trinajstić information content (AvgIpc) is 3.10. The van der Waals surface area contributed by atoms with Gasteiger partial charge in [-0.15, -0.1) is 0 Å². The predicted molar refractivity (Wildman–Crippen MR) is 96.2 cm³/mol. The molecule has 0 aliphatic carbocycles. The van der Waals surface area contributed by atoms with Crippen LogP contribution in [0.2, 0.25) is 0 Å². The van der Waals surface area contributed by atoms with Crippen molar-refractivity contribution in [3.05, 3.63) is 72.6 Å². The Morgan fingerprint density at radius 2 is 1.80 bits per heavy atom. The molecule has 0 aliphatic heterocycles. The van der Waals surface area contributed by atoms with E-state index in [1.54, 1.807) is 35.1 Å². The SMILES string of the molecule is CCOc1ccc(S(=O)(=O)Nc2ccc(Cn3cccn3)cc2)cc1. The van der Waals surface area contributed by atoms with Gasteiger partial charge < -0.3 is 4.74 Å². The summed E-state index contributed by atoms with van der Waals surface area (Å²) in [5, 5.41) is 4.15. The highest BCUT2D eigenvalue weighted by molar-refractivity contribution is 7.92. The van der Waals surface area contributed by atoms with Crippen LogP contribution in [0.1, 0.15) is 12.5 Å². The van der Waals surface area contributed by atoms with Crippen molar-refractivity contribution in [3.63, 3.8) is 0 Å². The van der Waals surface area contributed by atoms with E-state index in [9.17, 15) is 8.42 Å². The quantitative estimate of drug-likeness (QED) is 0.705. The van der Waals surface area contributed by atoms with Crippen LogP contribution in [0.25, 0.3) is 0 Å². The van der Waals surface area contributed by atoms with Crippen LogP contribution in [0.15, 0.2) is 71.9 Å². The largest absolute Gasteiger partial charge is 0.494 e. The monoisotopic (exact) mass is 357 g/mol. The molecule has 1 heterocycles. The average molecular weight is 357 g/mol. The Kier molecular flexibility index (Phi) is 5.04. The molecule has 0 atom stereocenters. The van der Waals surface area contributed by atoms with Gasteiger partial charge in [0, 0.05) is 18.1 Å². The van der Waals surface area contributed by atoms with Gasteiger partial charge in [0.1, 0.15) is 5.75 Å². The lowest BCUT2D eigenvalue weighted by molar-refractivity contribution is 0.340. The van der Waals surface area contributed by atoms with Crippen LogP contribution >= 0.6 is 0 Å². The Morgan fingerprint density at radius 3 is 2.40 bits per heavy atom. The van der Waals surface area contributed by atoms with E-state index in [4.69, 9.17) is 4.74 Å². The molecule has 3 aromatic rings. The molecule has 25 heavy (non-hydrogen) atoms. The van der Waals surface area contributed by atoms with E-state index in [1.165, 1.54) is 12.1 Å². The van der Waals surface area contributed by atoms with Crippen LogP contribution in [-0.4, -0.2) is 24.8 Å². The minimum Gasteiger partial charge on any atom is -0.494 e. The van der Waals surface area contributed by atoms with Crippen molar-refractivity contribution in [2.24, 2.45) is 0 Å². The van der Waals surface area contributed by atoms with Crippen molar-refractivity contribution in [1.82, 2.24) is 9.78 Å². The first kappa shape index (κ1) is 17.0. The molecule has 0 unspecified atom stereocenters. The molecule has 1 aromatic heterocycles. The van der Waals surface area contributed by atoms with E-state index >= 15 is 0 Å². The van der Waals surface area contributed by atoms with E-state index in [1.807, 2.05) is 31.3 Å². The van der Waals surface area contributed by atoms with E-state index in [0.29, 0.717) is 24.6 Å². The van der Waals surface area contributed by atoms with Gasteiger partial charge in [-0.3, -0.25) is 9.40 Å². The molecular formula is C18H19N3O3S. The summed E-state index contributed by atoms with van der Waals surface area (Å²) in [5.41, 5.74) is 1.55. The molecule has 0 saturated heterocycles. The van der Waals surface area contributed by atoms with Gasteiger partial charge in [-0.1, -0.05) is 12.1 Å². The third kappa shape index (κ3) is 4.39. The number of sulfonamides is 1. The van der Waals surface area contributed by atoms with Gasteiger partial charge in [-0.05, 0) is 55.0 Å². The van der Waals surface area contributed by atoms with Crippen molar-refractivity contribution >= 4 is 15.7 Å². The normalized spacial score (nSPS) is 11.2. The smallest absolute Gasteiger partial charge is 0.261 e. The Balaban J connectivity index is 1.69. The van der Waals surface area contributed by atoms with E-state index in [2.05, 4.69) is 9.82 Å². The molecule has 130 valence electrons. The topological polar surface area (TPSA) is 73.2 Å². The molecule has 7 heteroatoms. The second-order valence-electron chi connectivity index (χ2n) is 5.41. The van der Waals surface area contributed by atoms with Gasteiger partial charge in [0.2, 0.25) is 0 Å². The first-order valence-corrected chi connectivity index (χ1v) is 9.37. The number of hydrogen-bond donors (Lipinski definition) is 1. The zero-order chi connectivity index (χ0) is 17.7. The van der Waals surface area contributed by atoms with Crippen LogP contribution in [-0.2, 0) is 16.6 Å². The molecule has 2 aromatic carbocycles. The summed E-state index contributed by atoms with van der Waals surface area (Å²) in [6.07, 6.45) is 3.60. The Bertz CT molecular complexity index is 903. The summed E-state index contributed by atoms with van der Waals surface area (Å²) in [7, 11) is -3.63. The van der Waals surface area contributed by atoms with Crippen LogP contribution in [0.4, 0.5) is 5.69 Å². The molecule has 0 radical (unpaired) electrons. The predicted octanol–water partition coefficient (Wildman–Crippen LogP) is 3.13. The third-order valence-electron chi connectivity index (χ3n) is 3.55. The van der Waals surface area contributed by atoms with Crippen molar-refractivity contribution in [1.29, 1.82) is 0 Å². The first-order chi connectivity index (χ1) is 12.1. The van der Waals surface area contributed by atoms with Gasteiger partial charge in [0.25, 0.3) is 10.0 Å². The lowest BCUT2D eigenvalue weighted by Gasteiger charge is -2.10. The van der Waals surface area contributed by atoms with Gasteiger partial charge in [-0.25, -0.2) is 8.42 Å². The number of nitrogens with zero attached hydrogens (tertiary/aromatic N) is 2. The highest BCUT2D eigenvalue weighted by Crippen LogP contribution is 2.20. The molecule has 0 saturated carbocycles. The summed E-state index contributed by atoms with van der Waals surface area (Å²) in [6.45, 7) is 3.05. The number of hydrogen-bond acceptors (Lipinski definition) is 4. The molecular weight excluding hydrogens is 338 g/mol. The van der Waals surface area contributed by atoms with Crippen molar-refractivity contribution in [3.8, 4) is 5.75 Å². The van der Waals surface area contributed by atoms with Gasteiger partial charge in [0.05, 0.1) is 18.0 Å². The highest BCUT2D eigenvalue weighted by Gasteiger charge is 2.14. The Hall–Kier alpha value is -2.80. The Labute approximate surface area is 147 Å². The molecule has 0 bridgehead atoms. The molecule has 6 nitrogen and oxygen atoms in total. The summed E-state index contributed by atoms with van der Waals surface area (Å²) in [5.74, 6) is 0.643. The maximum atomic E-state index is 12.4. The highest BCUT2D eigenvalue weighted by atomic mass is 32.2. The number of aromatic nitrogens is 2. The maximum absolute atomic E-state index is 12.4. The van der Waals surface area contributed by atoms with E-state index in [-0.39, 0.29) is 4.90 Å². The van der Waals surface area contributed by atoms with Gasteiger partial charge >= 0.3 is 0 Å². The fourth-order valence-corrected chi connectivity index (χ4v) is 3.41. The van der Waals surface area contributed by atoms with E-state index in [0.717, 1.165) is 5.56 Å². The van der Waals surface area contributed by atoms with E-state index < -0.39 is 10.0 Å². The van der Waals surface area contributed by atoms with Crippen LogP contribution < -0.4 is 9.46 Å². The molecule has 0 fully saturated rings. The molecule has 0 aliphatic rings. The van der Waals surface area contributed by atoms with Crippen molar-refractivity contribution in [2.75, 3.05) is 11.3 Å². The second kappa shape index (κ2) is 7.40. The van der Waals surface area contributed by atoms with Crippen molar-refractivity contribution in [2.45, 2.75) is 18.4 Å². The molecule has 3 rings (SSSR count). The summed E-state index contributed by atoms with van der Waals surface area (Å²) in [6, 6.07) is 15.4. The fraction of sp³-hybridized carbons (Fsp3) is 0.167. The second-order valence-corrected chi connectivity index (χ2v) is 7.09. The van der Waals surface area contributed by atoms with Crippen LogP contribution in [0.5, 0.6) is 5.75 Å². The zero-order valence-electron chi connectivity index (χ0n) is 13.8. The number of nitrogens with one attached hydrogen (secondary N) is 1. The minimum atomic E-state index is -3.63. The summed E-state index contributed by atoms with van der Waals surface area (Å²) in [4.78, 5) is 0.191. The number of ether oxygens (including phenoxy) is 1. The number of benzene rings is 2.